The van der Waals surface area contributed by atoms with Crippen molar-refractivity contribution in [3.63, 3.8) is 0 Å². The highest BCUT2D eigenvalue weighted by Crippen LogP contribution is 2.50. The van der Waals surface area contributed by atoms with Gasteiger partial charge in [-0.15, -0.1) is 0 Å². The van der Waals surface area contributed by atoms with Crippen LogP contribution in [0.5, 0.6) is 0 Å². The minimum absolute atomic E-state index is 0.0773. The molecule has 0 unspecified atom stereocenters. The number of halogens is 3. The van der Waals surface area contributed by atoms with E-state index in [1.54, 1.807) is 13.0 Å². The zero-order valence-corrected chi connectivity index (χ0v) is 10.6. The van der Waals surface area contributed by atoms with E-state index in [4.69, 9.17) is 0 Å². The Balaban J connectivity index is 2.25. The smallest absolute Gasteiger partial charge is 0.340 e. The van der Waals surface area contributed by atoms with Crippen molar-refractivity contribution < 1.29 is 13.2 Å². The molecule has 0 aromatic carbocycles. The summed E-state index contributed by atoms with van der Waals surface area (Å²) in [6.07, 6.45) is -4.08. The Morgan fingerprint density at radius 2 is 1.89 bits per heavy atom. The predicted octanol–water partition coefficient (Wildman–Crippen LogP) is 3.42. The summed E-state index contributed by atoms with van der Waals surface area (Å²) < 4.78 is 38.5. The summed E-state index contributed by atoms with van der Waals surface area (Å²) in [5, 5.41) is 2.46. The number of alkyl halides is 3. The molecular formula is C12H16F3N3. The van der Waals surface area contributed by atoms with E-state index in [0.717, 1.165) is 5.69 Å². The van der Waals surface area contributed by atoms with E-state index in [0.29, 0.717) is 5.69 Å². The van der Waals surface area contributed by atoms with E-state index >= 15 is 0 Å². The molecule has 1 aromatic rings. The molecule has 1 saturated carbocycles. The third-order valence-electron chi connectivity index (χ3n) is 3.11. The molecule has 6 heteroatoms. The summed E-state index contributed by atoms with van der Waals surface area (Å²) in [5.41, 5.74) is -0.383. The van der Waals surface area contributed by atoms with E-state index in [1.807, 2.05) is 13.8 Å². The van der Waals surface area contributed by atoms with Gasteiger partial charge in [0.1, 0.15) is 5.54 Å². The molecule has 0 aliphatic heterocycles. The van der Waals surface area contributed by atoms with Gasteiger partial charge in [0.05, 0.1) is 0 Å². The lowest BCUT2D eigenvalue weighted by Gasteiger charge is -2.21. The zero-order valence-electron chi connectivity index (χ0n) is 10.6. The van der Waals surface area contributed by atoms with Gasteiger partial charge in [-0.1, -0.05) is 13.8 Å². The molecule has 1 N–H and O–H groups in total. The molecule has 0 amide bonds. The third-order valence-corrected chi connectivity index (χ3v) is 3.11. The first-order valence-electron chi connectivity index (χ1n) is 5.94. The largest absolute Gasteiger partial charge is 0.411 e. The van der Waals surface area contributed by atoms with Gasteiger partial charge in [0.15, 0.2) is 0 Å². The molecule has 1 heterocycles. The van der Waals surface area contributed by atoms with Gasteiger partial charge >= 0.3 is 6.18 Å². The van der Waals surface area contributed by atoms with Crippen LogP contribution in [0.25, 0.3) is 0 Å². The number of nitrogens with one attached hydrogen (secondary N) is 1. The molecule has 1 aromatic heterocycles. The van der Waals surface area contributed by atoms with Crippen LogP contribution in [0.4, 0.5) is 19.1 Å². The molecule has 0 atom stereocenters. The number of aryl methyl sites for hydroxylation is 1. The molecule has 18 heavy (non-hydrogen) atoms. The Morgan fingerprint density at radius 3 is 2.33 bits per heavy atom. The van der Waals surface area contributed by atoms with E-state index in [9.17, 15) is 13.2 Å². The van der Waals surface area contributed by atoms with Crippen LogP contribution in [0.3, 0.4) is 0 Å². The van der Waals surface area contributed by atoms with Gasteiger partial charge in [-0.25, -0.2) is 9.97 Å². The monoisotopic (exact) mass is 259 g/mol. The first-order chi connectivity index (χ1) is 8.23. The highest BCUT2D eigenvalue weighted by Gasteiger charge is 2.64. The Hall–Kier alpha value is -1.33. The van der Waals surface area contributed by atoms with Gasteiger partial charge < -0.3 is 5.32 Å². The lowest BCUT2D eigenvalue weighted by molar-refractivity contribution is -0.151. The highest BCUT2D eigenvalue weighted by molar-refractivity contribution is 5.37. The van der Waals surface area contributed by atoms with Crippen LogP contribution in [0.1, 0.15) is 44.0 Å². The van der Waals surface area contributed by atoms with E-state index in [1.165, 1.54) is 0 Å². The topological polar surface area (TPSA) is 37.8 Å². The Morgan fingerprint density at radius 1 is 1.28 bits per heavy atom. The van der Waals surface area contributed by atoms with Crippen molar-refractivity contribution in [1.29, 1.82) is 0 Å². The first kappa shape index (κ1) is 13.1. The van der Waals surface area contributed by atoms with Crippen molar-refractivity contribution in [3.05, 3.63) is 17.5 Å². The molecular weight excluding hydrogens is 243 g/mol. The lowest BCUT2D eigenvalue weighted by atomic mass is 10.1. The molecule has 1 aliphatic rings. The minimum Gasteiger partial charge on any atom is -0.340 e. The summed E-state index contributed by atoms with van der Waals surface area (Å²) >= 11 is 0. The summed E-state index contributed by atoms with van der Waals surface area (Å²) in [5.74, 6) is 0.238. The van der Waals surface area contributed by atoms with Crippen LogP contribution in [0.15, 0.2) is 6.07 Å². The second-order valence-electron chi connectivity index (χ2n) is 5.12. The summed E-state index contributed by atoms with van der Waals surface area (Å²) in [7, 11) is 0. The highest BCUT2D eigenvalue weighted by atomic mass is 19.4. The summed E-state index contributed by atoms with van der Waals surface area (Å²) in [6, 6.07) is 1.79. The van der Waals surface area contributed by atoms with Gasteiger partial charge in [-0.05, 0) is 31.7 Å². The maximum absolute atomic E-state index is 12.8. The van der Waals surface area contributed by atoms with Crippen LogP contribution in [-0.4, -0.2) is 21.7 Å². The number of nitrogens with zero attached hydrogens (tertiary/aromatic N) is 2. The van der Waals surface area contributed by atoms with Crippen molar-refractivity contribution >= 4 is 5.95 Å². The normalized spacial score (nSPS) is 17.9. The van der Waals surface area contributed by atoms with Crippen molar-refractivity contribution in [2.75, 3.05) is 5.32 Å². The molecule has 100 valence electrons. The predicted molar refractivity (Wildman–Crippen MR) is 62.5 cm³/mol. The molecule has 0 bridgehead atoms. The van der Waals surface area contributed by atoms with Crippen molar-refractivity contribution in [3.8, 4) is 0 Å². The minimum atomic E-state index is -4.25. The number of aromatic nitrogens is 2. The fourth-order valence-corrected chi connectivity index (χ4v) is 1.76. The van der Waals surface area contributed by atoms with Gasteiger partial charge in [0.2, 0.25) is 5.95 Å². The van der Waals surface area contributed by atoms with Gasteiger partial charge in [-0.3, -0.25) is 0 Å². The maximum Gasteiger partial charge on any atom is 0.411 e. The summed E-state index contributed by atoms with van der Waals surface area (Å²) in [4.78, 5) is 8.18. The number of anilines is 1. The molecule has 0 spiro atoms. The molecule has 0 saturated heterocycles. The van der Waals surface area contributed by atoms with Gasteiger partial charge in [0.25, 0.3) is 0 Å². The molecule has 2 rings (SSSR count). The van der Waals surface area contributed by atoms with Crippen LogP contribution < -0.4 is 5.32 Å². The van der Waals surface area contributed by atoms with Gasteiger partial charge in [-0.2, -0.15) is 13.2 Å². The van der Waals surface area contributed by atoms with Crippen molar-refractivity contribution in [2.24, 2.45) is 0 Å². The number of hydrogen-bond donors (Lipinski definition) is 1. The van der Waals surface area contributed by atoms with E-state index in [2.05, 4.69) is 15.3 Å². The quantitative estimate of drug-likeness (QED) is 0.903. The van der Waals surface area contributed by atoms with Crippen molar-refractivity contribution in [2.45, 2.75) is 51.2 Å². The SMILES string of the molecule is Cc1cc(C(C)C)nc(NC2(C(F)(F)F)CC2)n1. The second kappa shape index (κ2) is 4.10. The third kappa shape index (κ3) is 2.42. The average molecular weight is 259 g/mol. The molecule has 0 radical (unpaired) electrons. The van der Waals surface area contributed by atoms with Crippen LogP contribution in [0, 0.1) is 6.92 Å². The number of hydrogen-bond acceptors (Lipinski definition) is 3. The van der Waals surface area contributed by atoms with Gasteiger partial charge in [0, 0.05) is 11.4 Å². The fourth-order valence-electron chi connectivity index (χ4n) is 1.76. The number of rotatable bonds is 3. The van der Waals surface area contributed by atoms with Crippen molar-refractivity contribution in [1.82, 2.24) is 9.97 Å². The fraction of sp³-hybridized carbons (Fsp3) is 0.667. The first-order valence-corrected chi connectivity index (χ1v) is 5.94. The molecule has 3 nitrogen and oxygen atoms in total. The molecule has 1 fully saturated rings. The zero-order chi connectivity index (χ0) is 13.6. The standard InChI is InChI=1S/C12H16F3N3/c1-7(2)9-6-8(3)16-10(17-9)18-11(4-5-11)12(13,14)15/h6-7H,4-5H2,1-3H3,(H,16,17,18). The second-order valence-corrected chi connectivity index (χ2v) is 5.12. The Labute approximate surface area is 104 Å². The van der Waals surface area contributed by atoms with E-state index in [-0.39, 0.29) is 24.7 Å². The van der Waals surface area contributed by atoms with Crippen LogP contribution >= 0.6 is 0 Å². The summed E-state index contributed by atoms with van der Waals surface area (Å²) in [6.45, 7) is 5.65. The Kier molecular flexibility index (Phi) is 2.99. The van der Waals surface area contributed by atoms with Crippen LogP contribution in [0.2, 0.25) is 0 Å². The lowest BCUT2D eigenvalue weighted by Crippen LogP contribution is -2.39. The van der Waals surface area contributed by atoms with Crippen LogP contribution in [-0.2, 0) is 0 Å². The average Bonchev–Trinajstić information content (AvgIpc) is 2.96. The Bertz CT molecular complexity index is 450. The van der Waals surface area contributed by atoms with E-state index < -0.39 is 11.7 Å². The molecule has 1 aliphatic carbocycles. The maximum atomic E-state index is 12.8.